The van der Waals surface area contributed by atoms with Crippen LogP contribution in [0.5, 0.6) is 0 Å². The molecule has 19 heavy (non-hydrogen) atoms. The monoisotopic (exact) mass is 268 g/mol. The number of hydrogen-bond donors (Lipinski definition) is 3. The maximum atomic E-state index is 12.2. The van der Waals surface area contributed by atoms with Crippen LogP contribution in [-0.4, -0.2) is 29.1 Å². The first-order valence-corrected chi connectivity index (χ1v) is 7.28. The summed E-state index contributed by atoms with van der Waals surface area (Å²) >= 11 is 0. The van der Waals surface area contributed by atoms with Gasteiger partial charge in [0.2, 0.25) is 5.91 Å². The van der Waals surface area contributed by atoms with Crippen molar-refractivity contribution in [2.75, 3.05) is 6.54 Å². The number of carbonyl (C=O) groups excluding carboxylic acids is 1. The van der Waals surface area contributed by atoms with Gasteiger partial charge in [0.25, 0.3) is 0 Å². The molecule has 0 spiro atoms. The number of amides is 1. The number of hydrogen-bond acceptors (Lipinski definition) is 3. The number of nitrogens with two attached hydrogens (primary N) is 1. The van der Waals surface area contributed by atoms with Gasteiger partial charge in [-0.1, -0.05) is 0 Å². The van der Waals surface area contributed by atoms with Gasteiger partial charge in [-0.2, -0.15) is 0 Å². The molecule has 4 N–H and O–H groups in total. The third kappa shape index (κ3) is 3.47. The summed E-state index contributed by atoms with van der Waals surface area (Å²) in [5.41, 5.74) is 5.18. The lowest BCUT2D eigenvalue weighted by Crippen LogP contribution is -2.56. The first-order chi connectivity index (χ1) is 9.04. The summed E-state index contributed by atoms with van der Waals surface area (Å²) in [5.74, 6) is -0.168. The fourth-order valence-corrected chi connectivity index (χ4v) is 3.26. The molecule has 0 saturated heterocycles. The van der Waals surface area contributed by atoms with Gasteiger partial charge in [0, 0.05) is 5.92 Å². The van der Waals surface area contributed by atoms with E-state index < -0.39 is 11.5 Å². The standard InChI is InChI=1S/C14H24N2O3/c15-9-10-2-4-11(5-3-10)13(19)16-14(6-1-7-14)8-12(17)18/h10-11H,1-9,15H2,(H,16,19)(H,17,18). The van der Waals surface area contributed by atoms with Crippen molar-refractivity contribution in [2.45, 2.75) is 56.9 Å². The summed E-state index contributed by atoms with van der Waals surface area (Å²) in [4.78, 5) is 23.1. The molecule has 0 bridgehead atoms. The molecule has 0 unspecified atom stereocenters. The van der Waals surface area contributed by atoms with Gasteiger partial charge in [-0.15, -0.1) is 0 Å². The van der Waals surface area contributed by atoms with Gasteiger partial charge < -0.3 is 16.2 Å². The van der Waals surface area contributed by atoms with Crippen LogP contribution in [0.3, 0.4) is 0 Å². The second kappa shape index (κ2) is 5.90. The SMILES string of the molecule is NCC1CCC(C(=O)NC2(CC(=O)O)CCC2)CC1. The first-order valence-electron chi connectivity index (χ1n) is 7.28. The molecule has 0 aromatic rings. The summed E-state index contributed by atoms with van der Waals surface area (Å²) in [5, 5.41) is 12.0. The van der Waals surface area contributed by atoms with Crippen LogP contribution in [-0.2, 0) is 9.59 Å². The van der Waals surface area contributed by atoms with Crippen LogP contribution in [0.4, 0.5) is 0 Å². The number of rotatable bonds is 5. The van der Waals surface area contributed by atoms with Gasteiger partial charge in [-0.05, 0) is 57.4 Å². The zero-order chi connectivity index (χ0) is 13.9. The van der Waals surface area contributed by atoms with Crippen molar-refractivity contribution in [3.05, 3.63) is 0 Å². The Kier molecular flexibility index (Phi) is 4.45. The molecule has 0 aliphatic heterocycles. The third-order valence-corrected chi connectivity index (χ3v) is 4.74. The van der Waals surface area contributed by atoms with Crippen molar-refractivity contribution in [3.63, 3.8) is 0 Å². The summed E-state index contributed by atoms with van der Waals surface area (Å²) in [7, 11) is 0. The molecule has 2 rings (SSSR count). The topological polar surface area (TPSA) is 92.4 Å². The smallest absolute Gasteiger partial charge is 0.305 e. The largest absolute Gasteiger partial charge is 0.481 e. The molecule has 2 saturated carbocycles. The van der Waals surface area contributed by atoms with Crippen molar-refractivity contribution in [3.8, 4) is 0 Å². The Labute approximate surface area is 113 Å². The highest BCUT2D eigenvalue weighted by atomic mass is 16.4. The predicted octanol–water partition coefficient (Wildman–Crippen LogP) is 1.27. The molecule has 108 valence electrons. The van der Waals surface area contributed by atoms with Crippen molar-refractivity contribution >= 4 is 11.9 Å². The second-order valence-electron chi connectivity index (χ2n) is 6.15. The second-order valence-corrected chi connectivity index (χ2v) is 6.15. The van der Waals surface area contributed by atoms with E-state index >= 15 is 0 Å². The van der Waals surface area contributed by atoms with E-state index in [4.69, 9.17) is 10.8 Å². The minimum absolute atomic E-state index is 0.0501. The van der Waals surface area contributed by atoms with E-state index in [9.17, 15) is 9.59 Å². The fraction of sp³-hybridized carbons (Fsp3) is 0.857. The summed E-state index contributed by atoms with van der Waals surface area (Å²) in [6.45, 7) is 0.706. The highest BCUT2D eigenvalue weighted by Crippen LogP contribution is 2.36. The number of nitrogens with one attached hydrogen (secondary N) is 1. The highest BCUT2D eigenvalue weighted by molar-refractivity contribution is 5.80. The van der Waals surface area contributed by atoms with Gasteiger partial charge in [0.1, 0.15) is 0 Å². The Bertz CT molecular complexity index is 345. The summed E-state index contributed by atoms with van der Waals surface area (Å²) in [6, 6.07) is 0. The van der Waals surface area contributed by atoms with Crippen LogP contribution in [0.15, 0.2) is 0 Å². The van der Waals surface area contributed by atoms with Gasteiger partial charge in [-0.25, -0.2) is 0 Å². The quantitative estimate of drug-likeness (QED) is 0.700. The molecule has 0 aromatic heterocycles. The van der Waals surface area contributed by atoms with Gasteiger partial charge in [0.05, 0.1) is 12.0 Å². The van der Waals surface area contributed by atoms with E-state index in [1.165, 1.54) is 0 Å². The van der Waals surface area contributed by atoms with Gasteiger partial charge >= 0.3 is 5.97 Å². The minimum atomic E-state index is -0.827. The van der Waals surface area contributed by atoms with Crippen molar-refractivity contribution in [1.82, 2.24) is 5.32 Å². The Hall–Kier alpha value is -1.10. The Morgan fingerprint density at radius 1 is 1.21 bits per heavy atom. The molecular formula is C14H24N2O3. The highest BCUT2D eigenvalue weighted by Gasteiger charge is 2.41. The Morgan fingerprint density at radius 2 is 1.84 bits per heavy atom. The zero-order valence-corrected chi connectivity index (χ0v) is 11.4. The molecule has 5 heteroatoms. The Morgan fingerprint density at radius 3 is 2.26 bits per heavy atom. The zero-order valence-electron chi connectivity index (χ0n) is 11.4. The van der Waals surface area contributed by atoms with Crippen LogP contribution in [0.25, 0.3) is 0 Å². The number of aliphatic carboxylic acids is 1. The average Bonchev–Trinajstić information content (AvgIpc) is 2.35. The molecule has 2 aliphatic carbocycles. The van der Waals surface area contributed by atoms with Crippen molar-refractivity contribution in [1.29, 1.82) is 0 Å². The molecule has 0 radical (unpaired) electrons. The molecule has 0 heterocycles. The predicted molar refractivity (Wildman–Crippen MR) is 71.5 cm³/mol. The molecule has 5 nitrogen and oxygen atoms in total. The molecule has 0 aromatic carbocycles. The van der Waals surface area contributed by atoms with Crippen LogP contribution in [0.2, 0.25) is 0 Å². The van der Waals surface area contributed by atoms with E-state index in [0.29, 0.717) is 12.5 Å². The lowest BCUT2D eigenvalue weighted by atomic mass is 9.73. The van der Waals surface area contributed by atoms with Gasteiger partial charge in [-0.3, -0.25) is 9.59 Å². The van der Waals surface area contributed by atoms with Gasteiger partial charge in [0.15, 0.2) is 0 Å². The molecule has 2 aliphatic rings. The van der Waals surface area contributed by atoms with Crippen LogP contribution in [0.1, 0.15) is 51.4 Å². The summed E-state index contributed by atoms with van der Waals surface area (Å²) < 4.78 is 0. The first kappa shape index (κ1) is 14.3. The number of carboxylic acid groups (broad SMARTS) is 1. The molecule has 1 amide bonds. The maximum absolute atomic E-state index is 12.2. The molecule has 0 atom stereocenters. The lowest BCUT2D eigenvalue weighted by Gasteiger charge is -2.42. The van der Waals surface area contributed by atoms with Crippen LogP contribution in [0, 0.1) is 11.8 Å². The molecule has 2 fully saturated rings. The maximum Gasteiger partial charge on any atom is 0.305 e. The van der Waals surface area contributed by atoms with E-state index in [2.05, 4.69) is 5.32 Å². The van der Waals surface area contributed by atoms with Crippen LogP contribution >= 0.6 is 0 Å². The van der Waals surface area contributed by atoms with E-state index in [-0.39, 0.29) is 18.2 Å². The third-order valence-electron chi connectivity index (χ3n) is 4.74. The number of carboxylic acids is 1. The van der Waals surface area contributed by atoms with Crippen molar-refractivity contribution in [2.24, 2.45) is 17.6 Å². The number of carbonyl (C=O) groups is 2. The van der Waals surface area contributed by atoms with Crippen molar-refractivity contribution < 1.29 is 14.7 Å². The average molecular weight is 268 g/mol. The van der Waals surface area contributed by atoms with E-state index in [1.807, 2.05) is 0 Å². The van der Waals surface area contributed by atoms with Crippen LogP contribution < -0.4 is 11.1 Å². The normalized spacial score (nSPS) is 29.3. The lowest BCUT2D eigenvalue weighted by molar-refractivity contribution is -0.141. The van der Waals surface area contributed by atoms with E-state index in [1.54, 1.807) is 0 Å². The fourth-order valence-electron chi connectivity index (χ4n) is 3.26. The molecular weight excluding hydrogens is 244 g/mol. The van der Waals surface area contributed by atoms with E-state index in [0.717, 1.165) is 44.9 Å². The minimum Gasteiger partial charge on any atom is -0.481 e. The Balaban J connectivity index is 1.85. The summed E-state index contributed by atoms with van der Waals surface area (Å²) in [6.07, 6.45) is 6.45.